The van der Waals surface area contributed by atoms with Crippen molar-refractivity contribution in [1.29, 1.82) is 0 Å². The Hall–Kier alpha value is -1.70. The molecule has 0 radical (unpaired) electrons. The van der Waals surface area contributed by atoms with Crippen molar-refractivity contribution in [2.75, 3.05) is 11.9 Å². The summed E-state index contributed by atoms with van der Waals surface area (Å²) < 4.78 is 0.530. The molecule has 0 aliphatic heterocycles. The average molecular weight is 331 g/mol. The first-order valence-electron chi connectivity index (χ1n) is 5.73. The largest absolute Gasteiger partial charge is 0.364 e. The molecule has 0 saturated heterocycles. The molecule has 1 rings (SSSR count). The summed E-state index contributed by atoms with van der Waals surface area (Å²) in [4.78, 5) is 25.7. The molecule has 0 saturated carbocycles. The van der Waals surface area contributed by atoms with E-state index in [1.54, 1.807) is 0 Å². The average Bonchev–Trinajstić information content (AvgIpc) is 2.29. The minimum absolute atomic E-state index is 0.0765. The van der Waals surface area contributed by atoms with Crippen LogP contribution < -0.4 is 10.6 Å². The van der Waals surface area contributed by atoms with Gasteiger partial charge in [-0.25, -0.2) is 4.98 Å². The Morgan fingerprint density at radius 3 is 2.84 bits per heavy atom. The smallest absolute Gasteiger partial charge is 0.312 e. The van der Waals surface area contributed by atoms with E-state index in [1.165, 1.54) is 12.3 Å². The van der Waals surface area contributed by atoms with Crippen molar-refractivity contribution < 1.29 is 9.72 Å². The number of hydrogen-bond acceptors (Lipinski definition) is 5. The number of halogens is 1. The molecule has 19 heavy (non-hydrogen) atoms. The van der Waals surface area contributed by atoms with Gasteiger partial charge in [-0.15, -0.1) is 0 Å². The number of carbonyl (C=O) groups excluding carboxylic acids is 1. The molecule has 0 fully saturated rings. The number of nitro groups is 1. The van der Waals surface area contributed by atoms with Gasteiger partial charge in [-0.05, 0) is 29.8 Å². The fraction of sp³-hybridized carbons (Fsp3) is 0.455. The lowest BCUT2D eigenvalue weighted by atomic mass is 10.3. The van der Waals surface area contributed by atoms with Gasteiger partial charge in [0.05, 0.1) is 4.92 Å². The molecule has 0 bridgehead atoms. The lowest BCUT2D eigenvalue weighted by Crippen LogP contribution is -2.31. The first-order valence-corrected chi connectivity index (χ1v) is 6.52. The molecule has 1 aromatic rings. The minimum Gasteiger partial charge on any atom is -0.364 e. The van der Waals surface area contributed by atoms with E-state index in [1.807, 2.05) is 13.8 Å². The van der Waals surface area contributed by atoms with Gasteiger partial charge in [0.15, 0.2) is 0 Å². The second-order valence-electron chi connectivity index (χ2n) is 4.18. The summed E-state index contributed by atoms with van der Waals surface area (Å²) in [5, 5.41) is 16.4. The highest BCUT2D eigenvalue weighted by molar-refractivity contribution is 9.10. The van der Waals surface area contributed by atoms with Gasteiger partial charge in [-0.2, -0.15) is 0 Å². The Morgan fingerprint density at radius 1 is 1.58 bits per heavy atom. The van der Waals surface area contributed by atoms with Crippen molar-refractivity contribution in [2.24, 2.45) is 0 Å². The van der Waals surface area contributed by atoms with Crippen LogP contribution in [0.5, 0.6) is 0 Å². The van der Waals surface area contributed by atoms with E-state index in [0.717, 1.165) is 0 Å². The SMILES string of the molecule is CC(C)NC(=O)CCNc1ncc(Br)cc1[N+](=O)[O-]. The molecule has 8 heteroatoms. The van der Waals surface area contributed by atoms with Gasteiger partial charge in [-0.1, -0.05) is 0 Å². The van der Waals surface area contributed by atoms with Crippen molar-refractivity contribution in [3.05, 3.63) is 26.9 Å². The standard InChI is InChI=1S/C11H15BrN4O3/c1-7(2)15-10(17)3-4-13-11-9(16(18)19)5-8(12)6-14-11/h5-7H,3-4H2,1-2H3,(H,13,14)(H,15,17). The summed E-state index contributed by atoms with van der Waals surface area (Å²) in [5.74, 6) is 0.0489. The normalized spacial score (nSPS) is 10.3. The highest BCUT2D eigenvalue weighted by atomic mass is 79.9. The summed E-state index contributed by atoms with van der Waals surface area (Å²) >= 11 is 3.12. The lowest BCUT2D eigenvalue weighted by Gasteiger charge is -2.09. The number of nitrogens with zero attached hydrogens (tertiary/aromatic N) is 2. The fourth-order valence-corrected chi connectivity index (χ4v) is 1.71. The van der Waals surface area contributed by atoms with Crippen LogP contribution in [0.2, 0.25) is 0 Å². The maximum atomic E-state index is 11.4. The van der Waals surface area contributed by atoms with Crippen LogP contribution in [0.4, 0.5) is 11.5 Å². The van der Waals surface area contributed by atoms with E-state index < -0.39 is 4.92 Å². The molecule has 1 aromatic heterocycles. The van der Waals surface area contributed by atoms with Crippen molar-refractivity contribution in [1.82, 2.24) is 10.3 Å². The summed E-state index contributed by atoms with van der Waals surface area (Å²) in [6.07, 6.45) is 1.69. The molecule has 0 unspecified atom stereocenters. The van der Waals surface area contributed by atoms with Gasteiger partial charge in [-0.3, -0.25) is 14.9 Å². The summed E-state index contributed by atoms with van der Waals surface area (Å²) in [5.41, 5.74) is -0.126. The number of amides is 1. The van der Waals surface area contributed by atoms with Gasteiger partial charge >= 0.3 is 5.69 Å². The zero-order valence-corrected chi connectivity index (χ0v) is 12.2. The molecular weight excluding hydrogens is 316 g/mol. The van der Waals surface area contributed by atoms with Crippen LogP contribution >= 0.6 is 15.9 Å². The zero-order chi connectivity index (χ0) is 14.4. The Kier molecular flexibility index (Phi) is 5.68. The van der Waals surface area contributed by atoms with Crippen molar-refractivity contribution in [3.63, 3.8) is 0 Å². The molecule has 2 N–H and O–H groups in total. The van der Waals surface area contributed by atoms with Crippen LogP contribution in [0, 0.1) is 10.1 Å². The lowest BCUT2D eigenvalue weighted by molar-refractivity contribution is -0.384. The summed E-state index contributed by atoms with van der Waals surface area (Å²) in [6, 6.07) is 1.44. The molecule has 0 aromatic carbocycles. The number of anilines is 1. The monoisotopic (exact) mass is 330 g/mol. The maximum Gasteiger partial charge on any atom is 0.312 e. The molecular formula is C11H15BrN4O3. The van der Waals surface area contributed by atoms with Crippen LogP contribution in [0.15, 0.2) is 16.7 Å². The molecule has 1 amide bonds. The molecule has 0 aliphatic rings. The van der Waals surface area contributed by atoms with Gasteiger partial charge in [0, 0.05) is 35.7 Å². The topological polar surface area (TPSA) is 97.2 Å². The number of hydrogen-bond donors (Lipinski definition) is 2. The van der Waals surface area contributed by atoms with Crippen LogP contribution in [0.25, 0.3) is 0 Å². The van der Waals surface area contributed by atoms with Crippen molar-refractivity contribution >= 4 is 33.3 Å². The van der Waals surface area contributed by atoms with Crippen molar-refractivity contribution in [3.8, 4) is 0 Å². The molecule has 7 nitrogen and oxygen atoms in total. The van der Waals surface area contributed by atoms with E-state index in [2.05, 4.69) is 31.5 Å². The Balaban J connectivity index is 2.58. The molecule has 0 atom stereocenters. The molecule has 0 aliphatic carbocycles. The number of pyridine rings is 1. The fourth-order valence-electron chi connectivity index (χ4n) is 1.39. The predicted molar refractivity (Wildman–Crippen MR) is 75.0 cm³/mol. The van der Waals surface area contributed by atoms with Crippen LogP contribution in [0.1, 0.15) is 20.3 Å². The zero-order valence-electron chi connectivity index (χ0n) is 10.6. The van der Waals surface area contributed by atoms with Gasteiger partial charge < -0.3 is 10.6 Å². The van der Waals surface area contributed by atoms with E-state index in [9.17, 15) is 14.9 Å². The first kappa shape index (κ1) is 15.4. The molecule has 0 spiro atoms. The Morgan fingerprint density at radius 2 is 2.26 bits per heavy atom. The third-order valence-corrected chi connectivity index (χ3v) is 2.56. The van der Waals surface area contributed by atoms with Crippen LogP contribution in [-0.4, -0.2) is 28.4 Å². The maximum absolute atomic E-state index is 11.4. The highest BCUT2D eigenvalue weighted by Crippen LogP contribution is 2.24. The van der Waals surface area contributed by atoms with E-state index in [-0.39, 0.29) is 36.4 Å². The first-order chi connectivity index (χ1) is 8.90. The number of rotatable bonds is 6. The Labute approximate surface area is 119 Å². The van der Waals surface area contributed by atoms with Gasteiger partial charge in [0.2, 0.25) is 11.7 Å². The van der Waals surface area contributed by atoms with Crippen molar-refractivity contribution in [2.45, 2.75) is 26.3 Å². The summed E-state index contributed by atoms with van der Waals surface area (Å²) in [6.45, 7) is 4.02. The number of carbonyl (C=O) groups is 1. The van der Waals surface area contributed by atoms with Gasteiger partial charge in [0.25, 0.3) is 0 Å². The van der Waals surface area contributed by atoms with Crippen LogP contribution in [-0.2, 0) is 4.79 Å². The van der Waals surface area contributed by atoms with E-state index >= 15 is 0 Å². The number of aromatic nitrogens is 1. The molecule has 104 valence electrons. The third-order valence-electron chi connectivity index (χ3n) is 2.13. The number of nitrogens with one attached hydrogen (secondary N) is 2. The third kappa shape index (κ3) is 5.21. The van der Waals surface area contributed by atoms with Crippen LogP contribution in [0.3, 0.4) is 0 Å². The quantitative estimate of drug-likeness (QED) is 0.614. The predicted octanol–water partition coefficient (Wildman–Crippen LogP) is 2.08. The minimum atomic E-state index is -0.520. The molecule has 1 heterocycles. The second kappa shape index (κ2) is 7.03. The van der Waals surface area contributed by atoms with Gasteiger partial charge in [0.1, 0.15) is 0 Å². The Bertz CT molecular complexity index is 479. The second-order valence-corrected chi connectivity index (χ2v) is 5.09. The van der Waals surface area contributed by atoms with E-state index in [4.69, 9.17) is 0 Å². The van der Waals surface area contributed by atoms with E-state index in [0.29, 0.717) is 4.47 Å². The summed E-state index contributed by atoms with van der Waals surface area (Å²) in [7, 11) is 0. The highest BCUT2D eigenvalue weighted by Gasteiger charge is 2.15.